The summed E-state index contributed by atoms with van der Waals surface area (Å²) in [6.07, 6.45) is -1.52. The maximum Gasteiger partial charge on any atom is 0.416 e. The highest BCUT2D eigenvalue weighted by molar-refractivity contribution is 7.89. The van der Waals surface area contributed by atoms with E-state index in [0.717, 1.165) is 23.8 Å². The van der Waals surface area contributed by atoms with Gasteiger partial charge in [0.25, 0.3) is 0 Å². The van der Waals surface area contributed by atoms with Gasteiger partial charge in [-0.1, -0.05) is 12.1 Å². The Morgan fingerprint density at radius 2 is 1.96 bits per heavy atom. The van der Waals surface area contributed by atoms with Crippen molar-refractivity contribution in [1.82, 2.24) is 14.6 Å². The molecule has 0 aliphatic heterocycles. The molecule has 26 heavy (non-hydrogen) atoms. The van der Waals surface area contributed by atoms with Crippen LogP contribution in [0, 0.1) is 0 Å². The molecule has 0 saturated heterocycles. The maximum atomic E-state index is 12.7. The molecule has 2 rings (SSSR count). The Morgan fingerprint density at radius 3 is 2.58 bits per heavy atom. The van der Waals surface area contributed by atoms with Gasteiger partial charge in [0, 0.05) is 26.0 Å². The van der Waals surface area contributed by atoms with Gasteiger partial charge in [-0.2, -0.15) is 13.2 Å². The van der Waals surface area contributed by atoms with E-state index in [4.69, 9.17) is 0 Å². The van der Waals surface area contributed by atoms with Crippen LogP contribution in [0.25, 0.3) is 0 Å². The number of aromatic nitrogens is 1. The molecule has 0 spiro atoms. The predicted molar refractivity (Wildman–Crippen MR) is 87.3 cm³/mol. The Bertz CT molecular complexity index is 871. The molecule has 2 aromatic rings. The number of nitrogens with one attached hydrogen (secondary N) is 1. The monoisotopic (exact) mass is 387 g/mol. The third-order valence-electron chi connectivity index (χ3n) is 3.45. The molecule has 0 bridgehead atoms. The van der Waals surface area contributed by atoms with Gasteiger partial charge < -0.3 is 4.90 Å². The highest BCUT2D eigenvalue weighted by atomic mass is 32.2. The number of rotatable bonds is 6. The zero-order chi connectivity index (χ0) is 19.4. The van der Waals surface area contributed by atoms with Crippen LogP contribution in [0.4, 0.5) is 13.2 Å². The second-order valence-corrected chi connectivity index (χ2v) is 7.23. The second-order valence-electron chi connectivity index (χ2n) is 5.46. The number of hydrogen-bond donors (Lipinski definition) is 1. The van der Waals surface area contributed by atoms with Crippen molar-refractivity contribution in [2.24, 2.45) is 0 Å². The van der Waals surface area contributed by atoms with Crippen LogP contribution in [0.2, 0.25) is 0 Å². The smallest absolute Gasteiger partial charge is 0.340 e. The van der Waals surface area contributed by atoms with Crippen molar-refractivity contribution in [3.05, 3.63) is 59.9 Å². The van der Waals surface area contributed by atoms with Gasteiger partial charge in [0.2, 0.25) is 15.9 Å². The number of nitrogens with zero attached hydrogens (tertiary/aromatic N) is 2. The normalized spacial score (nSPS) is 12.0. The molecule has 1 N–H and O–H groups in total. The zero-order valence-corrected chi connectivity index (χ0v) is 14.5. The molecule has 0 unspecified atom stereocenters. The lowest BCUT2D eigenvalue weighted by Crippen LogP contribution is -2.37. The Kier molecular flexibility index (Phi) is 5.98. The van der Waals surface area contributed by atoms with E-state index in [0.29, 0.717) is 6.07 Å². The fourth-order valence-corrected chi connectivity index (χ4v) is 3.09. The molecule has 0 fully saturated rings. The molecule has 140 valence electrons. The molecule has 6 nitrogen and oxygen atoms in total. The number of carbonyl (C=O) groups is 1. The highest BCUT2D eigenvalue weighted by Gasteiger charge is 2.31. The van der Waals surface area contributed by atoms with Crippen molar-refractivity contribution < 1.29 is 26.4 Å². The van der Waals surface area contributed by atoms with Gasteiger partial charge in [0.15, 0.2) is 0 Å². The molecule has 1 heterocycles. The van der Waals surface area contributed by atoms with Gasteiger partial charge in [-0.3, -0.25) is 9.78 Å². The standard InChI is InChI=1S/C16H16F3N3O3S/c1-22(11-12-4-3-7-20-9-12)15(23)10-21-26(24,25)14-6-2-5-13(8-14)16(17,18)19/h2-9,21H,10-11H2,1H3. The van der Waals surface area contributed by atoms with E-state index in [1.165, 1.54) is 11.9 Å². The summed E-state index contributed by atoms with van der Waals surface area (Å²) in [6.45, 7) is -0.354. The number of likely N-dealkylation sites (N-methyl/N-ethyl adjacent to an activating group) is 1. The molecule has 0 radical (unpaired) electrons. The molecular formula is C16H16F3N3O3S. The van der Waals surface area contributed by atoms with Crippen molar-refractivity contribution in [2.45, 2.75) is 17.6 Å². The van der Waals surface area contributed by atoms with Crippen LogP contribution in [-0.2, 0) is 27.5 Å². The second kappa shape index (κ2) is 7.83. The molecule has 1 amide bonds. The van der Waals surface area contributed by atoms with Gasteiger partial charge in [0.1, 0.15) is 0 Å². The van der Waals surface area contributed by atoms with E-state index in [1.807, 2.05) is 4.72 Å². The molecule has 0 aliphatic rings. The summed E-state index contributed by atoms with van der Waals surface area (Å²) < 4.78 is 64.4. The summed E-state index contributed by atoms with van der Waals surface area (Å²) in [5, 5.41) is 0. The molecule has 10 heteroatoms. The summed E-state index contributed by atoms with van der Waals surface area (Å²) in [5.41, 5.74) is -0.329. The van der Waals surface area contributed by atoms with Crippen LogP contribution >= 0.6 is 0 Å². The number of sulfonamides is 1. The first-order valence-electron chi connectivity index (χ1n) is 7.39. The van der Waals surface area contributed by atoms with Crippen LogP contribution < -0.4 is 4.72 Å². The molecule has 1 aromatic heterocycles. The topological polar surface area (TPSA) is 79.4 Å². The minimum Gasteiger partial charge on any atom is -0.340 e. The number of halogens is 3. The number of carbonyl (C=O) groups excluding carboxylic acids is 1. The van der Waals surface area contributed by atoms with E-state index in [9.17, 15) is 26.4 Å². The minimum atomic E-state index is -4.66. The maximum absolute atomic E-state index is 12.7. The Labute approximate surface area is 148 Å². The Morgan fingerprint density at radius 1 is 1.23 bits per heavy atom. The number of hydrogen-bond acceptors (Lipinski definition) is 4. The SMILES string of the molecule is CN(Cc1cccnc1)C(=O)CNS(=O)(=O)c1cccc(C(F)(F)F)c1. The predicted octanol–water partition coefficient (Wildman–Crippen LogP) is 2.04. The summed E-state index contributed by atoms with van der Waals surface area (Å²) in [5.74, 6) is -0.538. The molecule has 1 aromatic carbocycles. The van der Waals surface area contributed by atoms with E-state index in [2.05, 4.69) is 4.98 Å². The third kappa shape index (κ3) is 5.27. The van der Waals surface area contributed by atoms with Crippen molar-refractivity contribution in [2.75, 3.05) is 13.6 Å². The van der Waals surface area contributed by atoms with Crippen molar-refractivity contribution in [1.29, 1.82) is 0 Å². The largest absolute Gasteiger partial charge is 0.416 e. The molecule has 0 saturated carbocycles. The van der Waals surface area contributed by atoms with Gasteiger partial charge in [-0.25, -0.2) is 13.1 Å². The lowest BCUT2D eigenvalue weighted by atomic mass is 10.2. The minimum absolute atomic E-state index is 0.220. The molecular weight excluding hydrogens is 371 g/mol. The Hall–Kier alpha value is -2.46. The summed E-state index contributed by atoms with van der Waals surface area (Å²) in [6, 6.07) is 6.76. The first kappa shape index (κ1) is 19.9. The van der Waals surface area contributed by atoms with Crippen molar-refractivity contribution in [3.8, 4) is 0 Å². The van der Waals surface area contributed by atoms with Gasteiger partial charge in [-0.05, 0) is 29.8 Å². The van der Waals surface area contributed by atoms with E-state index in [-0.39, 0.29) is 6.54 Å². The van der Waals surface area contributed by atoms with E-state index < -0.39 is 39.1 Å². The van der Waals surface area contributed by atoms with Gasteiger partial charge in [0.05, 0.1) is 17.0 Å². The van der Waals surface area contributed by atoms with Crippen LogP contribution in [0.3, 0.4) is 0 Å². The lowest BCUT2D eigenvalue weighted by Gasteiger charge is -2.17. The average molecular weight is 387 g/mol. The number of pyridine rings is 1. The fraction of sp³-hybridized carbons (Fsp3) is 0.250. The van der Waals surface area contributed by atoms with Crippen LogP contribution in [0.1, 0.15) is 11.1 Å². The van der Waals surface area contributed by atoms with E-state index in [1.54, 1.807) is 24.5 Å². The Balaban J connectivity index is 2.02. The van der Waals surface area contributed by atoms with Crippen LogP contribution in [0.15, 0.2) is 53.7 Å². The van der Waals surface area contributed by atoms with Crippen molar-refractivity contribution >= 4 is 15.9 Å². The summed E-state index contributed by atoms with van der Waals surface area (Å²) >= 11 is 0. The lowest BCUT2D eigenvalue weighted by molar-refractivity contribution is -0.137. The van der Waals surface area contributed by atoms with Gasteiger partial charge in [-0.15, -0.1) is 0 Å². The average Bonchev–Trinajstić information content (AvgIpc) is 2.60. The van der Waals surface area contributed by atoms with Crippen LogP contribution in [-0.4, -0.2) is 37.8 Å². The number of alkyl halides is 3. The van der Waals surface area contributed by atoms with Gasteiger partial charge >= 0.3 is 6.18 Å². The van der Waals surface area contributed by atoms with E-state index >= 15 is 0 Å². The van der Waals surface area contributed by atoms with Crippen LogP contribution in [0.5, 0.6) is 0 Å². The quantitative estimate of drug-likeness (QED) is 0.823. The molecule has 0 aliphatic carbocycles. The number of amides is 1. The highest BCUT2D eigenvalue weighted by Crippen LogP contribution is 2.30. The zero-order valence-electron chi connectivity index (χ0n) is 13.7. The summed E-state index contributed by atoms with van der Waals surface area (Å²) in [7, 11) is -2.77. The number of benzene rings is 1. The molecule has 0 atom stereocenters. The first-order chi connectivity index (χ1) is 12.1. The van der Waals surface area contributed by atoms with Crippen molar-refractivity contribution in [3.63, 3.8) is 0 Å². The third-order valence-corrected chi connectivity index (χ3v) is 4.85. The fourth-order valence-electron chi connectivity index (χ4n) is 2.07. The first-order valence-corrected chi connectivity index (χ1v) is 8.88. The summed E-state index contributed by atoms with van der Waals surface area (Å²) in [4.78, 5) is 16.7.